The number of nitrogens with one attached hydrogen (secondary N) is 2. The monoisotopic (exact) mass is 432 g/mol. The van der Waals surface area contributed by atoms with Crippen molar-refractivity contribution in [3.63, 3.8) is 0 Å². The Morgan fingerprint density at radius 2 is 2.00 bits per heavy atom. The second-order valence-electron chi connectivity index (χ2n) is 6.19. The van der Waals surface area contributed by atoms with Crippen molar-refractivity contribution in [1.29, 1.82) is 0 Å². The Hall–Kier alpha value is -1.92. The molecule has 0 spiro atoms. The number of carbonyl (C=O) groups excluding carboxylic acids is 1. The van der Waals surface area contributed by atoms with Crippen molar-refractivity contribution < 1.29 is 18.0 Å². The molecule has 0 atom stereocenters. The number of thiazole rings is 1. The standard InChI is InChI=1S/C16H19F3N6OS2/c1-9(26)22-15-21-8-12(28-15)13-11(16(17,18)19)7-20-14(24-13)23-10-3-5-25(27-2)6-4-10/h7-8,10H,3-6H2,1-2H3,(H,20,23,24)(H,21,22,26). The number of hydrogen-bond donors (Lipinski definition) is 2. The highest BCUT2D eigenvalue weighted by Gasteiger charge is 2.36. The molecular formula is C16H19F3N6OS2. The Labute approximate surface area is 168 Å². The highest BCUT2D eigenvalue weighted by molar-refractivity contribution is 7.96. The summed E-state index contributed by atoms with van der Waals surface area (Å²) in [5.41, 5.74) is -1.19. The summed E-state index contributed by atoms with van der Waals surface area (Å²) in [4.78, 5) is 23.3. The molecule has 1 amide bonds. The third-order valence-corrected chi connectivity index (χ3v) is 5.96. The number of piperidine rings is 1. The first-order valence-corrected chi connectivity index (χ1v) is 10.5. The van der Waals surface area contributed by atoms with Gasteiger partial charge in [-0.05, 0) is 19.1 Å². The fourth-order valence-electron chi connectivity index (χ4n) is 2.80. The zero-order valence-corrected chi connectivity index (χ0v) is 16.8. The van der Waals surface area contributed by atoms with Crippen LogP contribution in [0.1, 0.15) is 25.3 Å². The summed E-state index contributed by atoms with van der Waals surface area (Å²) in [6, 6.07) is 0.101. The molecule has 0 radical (unpaired) electrons. The number of hydrogen-bond acceptors (Lipinski definition) is 8. The normalized spacial score (nSPS) is 16.2. The minimum Gasteiger partial charge on any atom is -0.351 e. The Kier molecular flexibility index (Phi) is 6.40. The molecule has 1 aliphatic rings. The molecule has 1 aliphatic heterocycles. The molecule has 12 heteroatoms. The van der Waals surface area contributed by atoms with Crippen LogP contribution in [0.5, 0.6) is 0 Å². The quantitative estimate of drug-likeness (QED) is 0.697. The zero-order chi connectivity index (χ0) is 20.3. The molecule has 0 aliphatic carbocycles. The fourth-order valence-corrected chi connectivity index (χ4v) is 4.25. The number of nitrogens with zero attached hydrogens (tertiary/aromatic N) is 4. The van der Waals surface area contributed by atoms with Gasteiger partial charge in [0.15, 0.2) is 5.13 Å². The molecule has 0 unspecified atom stereocenters. The van der Waals surface area contributed by atoms with E-state index in [4.69, 9.17) is 0 Å². The molecule has 0 saturated carbocycles. The zero-order valence-electron chi connectivity index (χ0n) is 15.2. The van der Waals surface area contributed by atoms with Crippen molar-refractivity contribution in [3.05, 3.63) is 18.0 Å². The van der Waals surface area contributed by atoms with Gasteiger partial charge < -0.3 is 10.6 Å². The van der Waals surface area contributed by atoms with E-state index in [-0.39, 0.29) is 33.6 Å². The molecule has 2 aromatic rings. The molecule has 152 valence electrons. The largest absolute Gasteiger partial charge is 0.420 e. The van der Waals surface area contributed by atoms with Crippen LogP contribution in [0, 0.1) is 0 Å². The molecule has 1 fully saturated rings. The topological polar surface area (TPSA) is 83.0 Å². The van der Waals surface area contributed by atoms with Gasteiger partial charge in [0.1, 0.15) is 5.56 Å². The Bertz CT molecular complexity index is 836. The van der Waals surface area contributed by atoms with Crippen LogP contribution in [0.4, 0.5) is 24.3 Å². The number of aromatic nitrogens is 3. The molecule has 0 aromatic carbocycles. The van der Waals surface area contributed by atoms with Crippen LogP contribution in [-0.4, -0.2) is 50.6 Å². The lowest BCUT2D eigenvalue weighted by molar-refractivity contribution is -0.137. The second-order valence-corrected chi connectivity index (χ2v) is 8.11. The summed E-state index contributed by atoms with van der Waals surface area (Å²) < 4.78 is 42.5. The van der Waals surface area contributed by atoms with Crippen molar-refractivity contribution in [2.75, 3.05) is 30.0 Å². The Morgan fingerprint density at radius 3 is 2.61 bits per heavy atom. The summed E-state index contributed by atoms with van der Waals surface area (Å²) in [6.45, 7) is 3.08. The predicted octanol–water partition coefficient (Wildman–Crippen LogP) is 3.73. The van der Waals surface area contributed by atoms with Crippen LogP contribution in [-0.2, 0) is 11.0 Å². The maximum absolute atomic E-state index is 13.4. The van der Waals surface area contributed by atoms with E-state index in [0.29, 0.717) is 0 Å². The van der Waals surface area contributed by atoms with Crippen LogP contribution in [0.25, 0.3) is 10.6 Å². The number of alkyl halides is 3. The van der Waals surface area contributed by atoms with E-state index >= 15 is 0 Å². The molecule has 28 heavy (non-hydrogen) atoms. The highest BCUT2D eigenvalue weighted by Crippen LogP contribution is 2.39. The van der Waals surface area contributed by atoms with Gasteiger partial charge in [-0.25, -0.2) is 15.0 Å². The van der Waals surface area contributed by atoms with Crippen molar-refractivity contribution >= 4 is 40.3 Å². The fraction of sp³-hybridized carbons (Fsp3) is 0.500. The van der Waals surface area contributed by atoms with E-state index in [2.05, 4.69) is 29.9 Å². The molecule has 7 nitrogen and oxygen atoms in total. The van der Waals surface area contributed by atoms with Crippen LogP contribution < -0.4 is 10.6 Å². The van der Waals surface area contributed by atoms with Crippen molar-refractivity contribution in [3.8, 4) is 10.6 Å². The summed E-state index contributed by atoms with van der Waals surface area (Å²) in [6.07, 6.45) is 1.19. The Balaban J connectivity index is 1.85. The lowest BCUT2D eigenvalue weighted by atomic mass is 10.1. The average Bonchev–Trinajstić information content (AvgIpc) is 3.09. The van der Waals surface area contributed by atoms with Crippen LogP contribution >= 0.6 is 23.3 Å². The van der Waals surface area contributed by atoms with Gasteiger partial charge in [0.2, 0.25) is 11.9 Å². The van der Waals surface area contributed by atoms with Gasteiger partial charge in [-0.1, -0.05) is 23.3 Å². The van der Waals surface area contributed by atoms with Crippen LogP contribution in [0.15, 0.2) is 12.4 Å². The van der Waals surface area contributed by atoms with E-state index in [9.17, 15) is 18.0 Å². The number of carbonyl (C=O) groups is 1. The van der Waals surface area contributed by atoms with Gasteiger partial charge in [-0.2, -0.15) is 13.2 Å². The van der Waals surface area contributed by atoms with Gasteiger partial charge in [-0.15, -0.1) is 0 Å². The minimum atomic E-state index is -4.60. The smallest absolute Gasteiger partial charge is 0.351 e. The first-order valence-electron chi connectivity index (χ1n) is 8.50. The van der Waals surface area contributed by atoms with E-state index in [1.54, 1.807) is 11.9 Å². The third kappa shape index (κ3) is 5.11. The van der Waals surface area contributed by atoms with Gasteiger partial charge in [0.05, 0.1) is 10.6 Å². The lowest BCUT2D eigenvalue weighted by Gasteiger charge is -2.30. The van der Waals surface area contributed by atoms with Gasteiger partial charge in [0.25, 0.3) is 0 Å². The molecule has 2 N–H and O–H groups in total. The molecule has 3 rings (SSSR count). The van der Waals surface area contributed by atoms with Crippen molar-refractivity contribution in [1.82, 2.24) is 19.3 Å². The molecule has 2 aromatic heterocycles. The maximum Gasteiger partial charge on any atom is 0.420 e. The van der Waals surface area contributed by atoms with E-state index < -0.39 is 11.7 Å². The summed E-state index contributed by atoms with van der Waals surface area (Å²) in [5, 5.41) is 5.82. The Morgan fingerprint density at radius 1 is 1.29 bits per heavy atom. The third-order valence-electron chi connectivity index (χ3n) is 4.16. The number of amides is 1. The average molecular weight is 432 g/mol. The molecular weight excluding hydrogens is 413 g/mol. The number of halogens is 3. The van der Waals surface area contributed by atoms with Crippen LogP contribution in [0.2, 0.25) is 0 Å². The minimum absolute atomic E-state index is 0.101. The summed E-state index contributed by atoms with van der Waals surface area (Å²) >= 11 is 2.61. The molecule has 1 saturated heterocycles. The maximum atomic E-state index is 13.4. The first kappa shape index (κ1) is 20.8. The van der Waals surface area contributed by atoms with Crippen molar-refractivity contribution in [2.24, 2.45) is 0 Å². The van der Waals surface area contributed by atoms with Crippen LogP contribution in [0.3, 0.4) is 0 Å². The molecule has 0 bridgehead atoms. The SMILES string of the molecule is CSN1CCC(Nc2ncc(C(F)(F)F)c(-c3cnc(NC(C)=O)s3)n2)CC1. The summed E-state index contributed by atoms with van der Waals surface area (Å²) in [5.74, 6) is -0.196. The number of rotatable bonds is 5. The molecule has 3 heterocycles. The van der Waals surface area contributed by atoms with Gasteiger partial charge in [0, 0.05) is 38.4 Å². The van der Waals surface area contributed by atoms with E-state index in [1.165, 1.54) is 13.1 Å². The second kappa shape index (κ2) is 8.62. The van der Waals surface area contributed by atoms with Gasteiger partial charge in [-0.3, -0.25) is 9.10 Å². The van der Waals surface area contributed by atoms with Gasteiger partial charge >= 0.3 is 6.18 Å². The first-order chi connectivity index (χ1) is 13.3. The van der Waals surface area contributed by atoms with Crippen molar-refractivity contribution in [2.45, 2.75) is 32.0 Å². The van der Waals surface area contributed by atoms with E-state index in [1.807, 2.05) is 6.26 Å². The summed E-state index contributed by atoms with van der Waals surface area (Å²) in [7, 11) is 0. The highest BCUT2D eigenvalue weighted by atomic mass is 32.2. The predicted molar refractivity (Wildman–Crippen MR) is 104 cm³/mol. The lowest BCUT2D eigenvalue weighted by Crippen LogP contribution is -2.35. The van der Waals surface area contributed by atoms with E-state index in [0.717, 1.165) is 43.5 Å². The number of anilines is 2.